The number of carbonyl (C=O) groups excluding carboxylic acids is 1. The maximum atomic E-state index is 13.2. The number of rotatable bonds is 4. The first-order chi connectivity index (χ1) is 15.8. The zero-order chi connectivity index (χ0) is 22.6. The van der Waals surface area contributed by atoms with Gasteiger partial charge in [0.25, 0.3) is 0 Å². The molecule has 7 rings (SSSR count). The maximum Gasteiger partial charge on any atom is 0.403 e. The zero-order valence-electron chi connectivity index (χ0n) is 17.9. The van der Waals surface area contributed by atoms with Gasteiger partial charge in [-0.15, -0.1) is 0 Å². The predicted molar refractivity (Wildman–Crippen MR) is 105 cm³/mol. The van der Waals surface area contributed by atoms with Gasteiger partial charge in [0.05, 0.1) is 5.92 Å². The van der Waals surface area contributed by atoms with Crippen molar-refractivity contribution in [1.82, 2.24) is 35.1 Å². The fourth-order valence-electron chi connectivity index (χ4n) is 5.67. The van der Waals surface area contributed by atoms with Gasteiger partial charge >= 0.3 is 12.2 Å². The Morgan fingerprint density at radius 3 is 2.36 bits per heavy atom. The van der Waals surface area contributed by atoms with Gasteiger partial charge < -0.3 is 14.3 Å². The minimum atomic E-state index is -4.38. The molecule has 4 heterocycles. The van der Waals surface area contributed by atoms with E-state index in [4.69, 9.17) is 4.52 Å². The molecule has 33 heavy (non-hydrogen) atoms. The molecular weight excluding hydrogens is 439 g/mol. The second-order valence-corrected chi connectivity index (χ2v) is 10.7. The molecule has 0 bridgehead atoms. The molecule has 2 aliphatic heterocycles. The number of aromatic nitrogens is 5. The number of hydrogen-bond donors (Lipinski definition) is 1. The zero-order valence-corrected chi connectivity index (χ0v) is 17.9. The number of nitrogens with zero attached hydrogens (tertiary/aromatic N) is 6. The fourth-order valence-corrected chi connectivity index (χ4v) is 5.67. The van der Waals surface area contributed by atoms with Crippen LogP contribution in [0, 0.1) is 5.41 Å². The number of amides is 2. The first-order valence-electron chi connectivity index (χ1n) is 11.6. The number of carbonyl (C=O) groups is 1. The van der Waals surface area contributed by atoms with Crippen molar-refractivity contribution in [2.24, 2.45) is 5.41 Å². The van der Waals surface area contributed by atoms with Crippen molar-refractivity contribution < 1.29 is 22.5 Å². The molecular formula is C21H24F3N7O2. The van der Waals surface area contributed by atoms with Gasteiger partial charge in [0.2, 0.25) is 5.89 Å². The summed E-state index contributed by atoms with van der Waals surface area (Å²) >= 11 is 0. The van der Waals surface area contributed by atoms with E-state index in [0.29, 0.717) is 24.9 Å². The van der Waals surface area contributed by atoms with Crippen molar-refractivity contribution in [3.63, 3.8) is 0 Å². The Balaban J connectivity index is 0.900. The highest BCUT2D eigenvalue weighted by Gasteiger charge is 2.68. The fraction of sp³-hybridized carbons (Fsp3) is 0.762. The van der Waals surface area contributed by atoms with Crippen LogP contribution in [-0.4, -0.2) is 73.5 Å². The van der Waals surface area contributed by atoms with Gasteiger partial charge in [-0.3, -0.25) is 5.10 Å². The van der Waals surface area contributed by atoms with Crippen LogP contribution in [0.4, 0.5) is 18.0 Å². The Bertz CT molecular complexity index is 1100. The van der Waals surface area contributed by atoms with Crippen LogP contribution in [0.1, 0.15) is 79.6 Å². The topological polar surface area (TPSA) is 104 Å². The lowest BCUT2D eigenvalue weighted by Gasteiger charge is -2.59. The molecule has 2 aromatic heterocycles. The number of likely N-dealkylation sites (tertiary alicyclic amines) is 2. The summed E-state index contributed by atoms with van der Waals surface area (Å²) in [6.45, 7) is 2.29. The van der Waals surface area contributed by atoms with Crippen molar-refractivity contribution >= 4 is 6.03 Å². The van der Waals surface area contributed by atoms with Crippen molar-refractivity contribution in [2.75, 3.05) is 26.2 Å². The largest absolute Gasteiger partial charge is 0.403 e. The monoisotopic (exact) mass is 463 g/mol. The Labute approximate surface area is 187 Å². The number of alkyl halides is 3. The minimum absolute atomic E-state index is 0.0110. The van der Waals surface area contributed by atoms with Gasteiger partial charge in [0, 0.05) is 43.4 Å². The van der Waals surface area contributed by atoms with Crippen LogP contribution in [0.15, 0.2) is 4.52 Å². The smallest absolute Gasteiger partial charge is 0.338 e. The van der Waals surface area contributed by atoms with Crippen molar-refractivity contribution in [2.45, 2.75) is 67.9 Å². The molecule has 9 nitrogen and oxygen atoms in total. The van der Waals surface area contributed by atoms with E-state index in [0.717, 1.165) is 37.6 Å². The molecule has 0 unspecified atom stereocenters. The SMILES string of the molecule is O=C(N1CC(c2noc(C3(C(F)(F)F)CC3)n2)C1)N1CC2(CC(c3n[nH]c(C4CC4)n3)C2)C1. The van der Waals surface area contributed by atoms with Crippen LogP contribution in [0.5, 0.6) is 0 Å². The number of H-pyrrole nitrogens is 1. The number of halogens is 3. The standard InChI is InChI=1S/C21H24F3N7O2/c22-21(23,24)20(3-4-20)17-26-16(29-33-17)13-7-30(8-13)18(32)31-9-19(10-31)5-12(6-19)15-25-14(27-28-15)11-1-2-11/h11-13H,1-10H2,(H,25,27,28). The maximum absolute atomic E-state index is 13.2. The molecule has 2 aromatic rings. The summed E-state index contributed by atoms with van der Waals surface area (Å²) in [5.41, 5.74) is -1.78. The molecule has 3 saturated carbocycles. The Hall–Kier alpha value is -2.66. The van der Waals surface area contributed by atoms with Crippen molar-refractivity contribution in [3.8, 4) is 0 Å². The number of hydrogen-bond acceptors (Lipinski definition) is 6. The van der Waals surface area contributed by atoms with Crippen LogP contribution in [0.3, 0.4) is 0 Å². The Morgan fingerprint density at radius 1 is 1.00 bits per heavy atom. The van der Waals surface area contributed by atoms with E-state index in [2.05, 4.69) is 25.3 Å². The van der Waals surface area contributed by atoms with Crippen LogP contribution >= 0.6 is 0 Å². The molecule has 12 heteroatoms. The van der Waals surface area contributed by atoms with E-state index in [-0.39, 0.29) is 41.9 Å². The second-order valence-electron chi connectivity index (χ2n) is 10.7. The normalized spacial score (nSPS) is 26.2. The first kappa shape index (κ1) is 19.8. The number of aromatic amines is 1. The summed E-state index contributed by atoms with van der Waals surface area (Å²) in [4.78, 5) is 25.0. The highest BCUT2D eigenvalue weighted by atomic mass is 19.4. The summed E-state index contributed by atoms with van der Waals surface area (Å²) in [7, 11) is 0. The first-order valence-corrected chi connectivity index (χ1v) is 11.6. The van der Waals surface area contributed by atoms with Crippen LogP contribution in [-0.2, 0) is 5.41 Å². The van der Waals surface area contributed by atoms with E-state index >= 15 is 0 Å². The highest BCUT2D eigenvalue weighted by Crippen LogP contribution is 2.58. The second kappa shape index (κ2) is 6.26. The Kier molecular flexibility index (Phi) is 3.75. The quantitative estimate of drug-likeness (QED) is 0.748. The van der Waals surface area contributed by atoms with Crippen molar-refractivity contribution in [3.05, 3.63) is 23.4 Å². The summed E-state index contributed by atoms with van der Waals surface area (Å²) < 4.78 is 44.7. The number of urea groups is 1. The molecule has 0 atom stereocenters. The third-order valence-corrected chi connectivity index (χ3v) is 8.19. The minimum Gasteiger partial charge on any atom is -0.338 e. The van der Waals surface area contributed by atoms with Crippen LogP contribution in [0.25, 0.3) is 0 Å². The average Bonchev–Trinajstić information content (AvgIpc) is 3.58. The van der Waals surface area contributed by atoms with E-state index in [1.54, 1.807) is 4.90 Å². The van der Waals surface area contributed by atoms with Gasteiger partial charge in [-0.1, -0.05) is 5.16 Å². The summed E-state index contributed by atoms with van der Waals surface area (Å²) in [5, 5.41) is 11.2. The summed E-state index contributed by atoms with van der Waals surface area (Å²) in [6.07, 6.45) is 0.00651. The highest BCUT2D eigenvalue weighted by molar-refractivity contribution is 5.76. The predicted octanol–water partition coefficient (Wildman–Crippen LogP) is 3.06. The molecule has 0 aromatic carbocycles. The lowest BCUT2D eigenvalue weighted by atomic mass is 9.57. The van der Waals surface area contributed by atoms with Crippen LogP contribution < -0.4 is 0 Å². The average molecular weight is 463 g/mol. The van der Waals surface area contributed by atoms with E-state index < -0.39 is 11.6 Å². The molecule has 176 valence electrons. The number of nitrogens with one attached hydrogen (secondary N) is 1. The molecule has 1 N–H and O–H groups in total. The lowest BCUT2D eigenvalue weighted by molar-refractivity contribution is -0.166. The third-order valence-electron chi connectivity index (χ3n) is 8.19. The van der Waals surface area contributed by atoms with Gasteiger partial charge in [0.15, 0.2) is 11.6 Å². The molecule has 2 saturated heterocycles. The van der Waals surface area contributed by atoms with Gasteiger partial charge in [-0.05, 0) is 38.5 Å². The Morgan fingerprint density at radius 2 is 1.73 bits per heavy atom. The van der Waals surface area contributed by atoms with Crippen molar-refractivity contribution in [1.29, 1.82) is 0 Å². The van der Waals surface area contributed by atoms with Gasteiger partial charge in [-0.2, -0.15) is 23.3 Å². The van der Waals surface area contributed by atoms with E-state index in [1.807, 2.05) is 4.90 Å². The van der Waals surface area contributed by atoms with E-state index in [1.165, 1.54) is 12.8 Å². The summed E-state index contributed by atoms with van der Waals surface area (Å²) in [5.74, 6) is 2.62. The van der Waals surface area contributed by atoms with Gasteiger partial charge in [0.1, 0.15) is 11.2 Å². The molecule has 2 amide bonds. The molecule has 3 aliphatic carbocycles. The summed E-state index contributed by atoms with van der Waals surface area (Å²) in [6, 6.07) is -0.0214. The van der Waals surface area contributed by atoms with E-state index in [9.17, 15) is 18.0 Å². The third kappa shape index (κ3) is 2.94. The molecule has 1 spiro atoms. The molecule has 0 radical (unpaired) electrons. The molecule has 5 fully saturated rings. The lowest BCUT2D eigenvalue weighted by Crippen LogP contribution is -2.67. The molecule has 5 aliphatic rings. The van der Waals surface area contributed by atoms with Crippen LogP contribution in [0.2, 0.25) is 0 Å². The van der Waals surface area contributed by atoms with Gasteiger partial charge in [-0.25, -0.2) is 9.78 Å².